The Morgan fingerprint density at radius 3 is 2.82 bits per heavy atom. The second kappa shape index (κ2) is 5.32. The van der Waals surface area contributed by atoms with Gasteiger partial charge >= 0.3 is 0 Å². The Morgan fingerprint density at radius 2 is 2.09 bits per heavy atom. The van der Waals surface area contributed by atoms with Crippen LogP contribution in [0.4, 0.5) is 4.39 Å². The van der Waals surface area contributed by atoms with Crippen LogP contribution in [0.5, 0.6) is 0 Å². The van der Waals surface area contributed by atoms with Gasteiger partial charge in [-0.1, -0.05) is 0 Å². The van der Waals surface area contributed by atoms with Gasteiger partial charge in [-0.05, 0) is 60.7 Å². The molecule has 0 bridgehead atoms. The Bertz CT molecular complexity index is 721. The molecule has 0 radical (unpaired) electrons. The molecule has 1 N–H and O–H groups in total. The average Bonchev–Trinajstić information content (AvgIpc) is 2.95. The molecule has 1 aromatic heterocycles. The number of ether oxygens (including phenoxy) is 1. The molecule has 2 fully saturated rings. The van der Waals surface area contributed by atoms with Crippen molar-refractivity contribution in [3.05, 3.63) is 35.0 Å². The molecule has 1 aliphatic heterocycles. The molecule has 2 heterocycles. The largest absolute Gasteiger partial charge is 0.381 e. The third-order valence-corrected chi connectivity index (χ3v) is 6.28. The van der Waals surface area contributed by atoms with E-state index in [1.54, 1.807) is 12.1 Å². The molecule has 22 heavy (non-hydrogen) atoms. The van der Waals surface area contributed by atoms with Crippen LogP contribution in [0.2, 0.25) is 0 Å². The molecule has 1 amide bonds. The van der Waals surface area contributed by atoms with E-state index in [4.69, 9.17) is 4.74 Å². The standard InChI is InChI=1S/C17H18FNO2S/c18-12-1-2-13-11(9-12)10-14(22-13)16(20)19-15-3-4-17(15)5-7-21-8-6-17/h1-2,9-10,15H,3-8H2,(H,19,20). The van der Waals surface area contributed by atoms with Gasteiger partial charge in [0.2, 0.25) is 0 Å². The number of thiophene rings is 1. The fraction of sp³-hybridized carbons (Fsp3) is 0.471. The summed E-state index contributed by atoms with van der Waals surface area (Å²) in [5.74, 6) is -0.297. The van der Waals surface area contributed by atoms with Crippen LogP contribution in [-0.4, -0.2) is 25.2 Å². The summed E-state index contributed by atoms with van der Waals surface area (Å²) in [4.78, 5) is 13.2. The van der Waals surface area contributed by atoms with Crippen molar-refractivity contribution in [3.8, 4) is 0 Å². The van der Waals surface area contributed by atoms with Crippen molar-refractivity contribution >= 4 is 27.3 Å². The predicted octanol–water partition coefficient (Wildman–Crippen LogP) is 3.73. The highest BCUT2D eigenvalue weighted by Gasteiger charge is 2.48. The van der Waals surface area contributed by atoms with Gasteiger partial charge in [-0.3, -0.25) is 4.79 Å². The zero-order valence-electron chi connectivity index (χ0n) is 12.2. The third-order valence-electron chi connectivity index (χ3n) is 5.17. The maximum absolute atomic E-state index is 13.3. The zero-order chi connectivity index (χ0) is 15.2. The maximum Gasteiger partial charge on any atom is 0.261 e. The molecule has 1 saturated carbocycles. The van der Waals surface area contributed by atoms with Crippen LogP contribution < -0.4 is 5.32 Å². The number of hydrogen-bond acceptors (Lipinski definition) is 3. The van der Waals surface area contributed by atoms with E-state index in [2.05, 4.69) is 5.32 Å². The fourth-order valence-corrected chi connectivity index (χ4v) is 4.60. The number of benzene rings is 1. The summed E-state index contributed by atoms with van der Waals surface area (Å²) >= 11 is 1.42. The number of nitrogens with one attached hydrogen (secondary N) is 1. The first-order chi connectivity index (χ1) is 10.7. The SMILES string of the molecule is O=C(NC1CCC12CCOCC2)c1cc2cc(F)ccc2s1. The van der Waals surface area contributed by atoms with Crippen LogP contribution in [0, 0.1) is 11.2 Å². The number of rotatable bonds is 2. The predicted molar refractivity (Wildman–Crippen MR) is 84.8 cm³/mol. The number of halogens is 1. The van der Waals surface area contributed by atoms with E-state index in [1.807, 2.05) is 0 Å². The first-order valence-electron chi connectivity index (χ1n) is 7.74. The van der Waals surface area contributed by atoms with Crippen molar-refractivity contribution in [2.75, 3.05) is 13.2 Å². The quantitative estimate of drug-likeness (QED) is 0.916. The van der Waals surface area contributed by atoms with E-state index in [9.17, 15) is 9.18 Å². The molecule has 5 heteroatoms. The highest BCUT2D eigenvalue weighted by atomic mass is 32.1. The summed E-state index contributed by atoms with van der Waals surface area (Å²) < 4.78 is 19.6. The van der Waals surface area contributed by atoms with Gasteiger partial charge < -0.3 is 10.1 Å². The summed E-state index contributed by atoms with van der Waals surface area (Å²) in [7, 11) is 0. The summed E-state index contributed by atoms with van der Waals surface area (Å²) in [5.41, 5.74) is 0.247. The first kappa shape index (κ1) is 14.2. The smallest absolute Gasteiger partial charge is 0.261 e. The minimum atomic E-state index is -0.266. The van der Waals surface area contributed by atoms with E-state index in [-0.39, 0.29) is 23.2 Å². The fourth-order valence-electron chi connectivity index (χ4n) is 3.65. The molecule has 3 nitrogen and oxygen atoms in total. The number of carbonyl (C=O) groups excluding carboxylic acids is 1. The van der Waals surface area contributed by atoms with Crippen molar-refractivity contribution in [3.63, 3.8) is 0 Å². The molecule has 116 valence electrons. The van der Waals surface area contributed by atoms with Crippen LogP contribution in [0.3, 0.4) is 0 Å². The topological polar surface area (TPSA) is 38.3 Å². The van der Waals surface area contributed by atoms with Gasteiger partial charge in [-0.25, -0.2) is 4.39 Å². The van der Waals surface area contributed by atoms with E-state index in [0.29, 0.717) is 4.88 Å². The molecule has 1 aliphatic carbocycles. The van der Waals surface area contributed by atoms with Gasteiger partial charge in [0.25, 0.3) is 5.91 Å². The summed E-state index contributed by atoms with van der Waals surface area (Å²) in [6, 6.07) is 6.68. The van der Waals surface area contributed by atoms with Crippen molar-refractivity contribution in [2.45, 2.75) is 31.7 Å². The lowest BCUT2D eigenvalue weighted by Crippen LogP contribution is -2.57. The lowest BCUT2D eigenvalue weighted by molar-refractivity contribution is -0.0522. The first-order valence-corrected chi connectivity index (χ1v) is 8.56. The number of carbonyl (C=O) groups is 1. The van der Waals surface area contributed by atoms with Crippen molar-refractivity contribution in [1.29, 1.82) is 0 Å². The molecule has 1 aromatic carbocycles. The van der Waals surface area contributed by atoms with Gasteiger partial charge in [0.15, 0.2) is 0 Å². The molecular formula is C17H18FNO2S. The van der Waals surface area contributed by atoms with Gasteiger partial charge in [-0.15, -0.1) is 11.3 Å². The van der Waals surface area contributed by atoms with Crippen LogP contribution in [0.1, 0.15) is 35.4 Å². The van der Waals surface area contributed by atoms with Crippen molar-refractivity contribution in [2.24, 2.45) is 5.41 Å². The van der Waals surface area contributed by atoms with E-state index < -0.39 is 0 Å². The highest BCUT2D eigenvalue weighted by Crippen LogP contribution is 2.48. The van der Waals surface area contributed by atoms with E-state index in [1.165, 1.54) is 29.9 Å². The van der Waals surface area contributed by atoms with Crippen LogP contribution in [-0.2, 0) is 4.74 Å². The molecule has 2 aliphatic rings. The zero-order valence-corrected chi connectivity index (χ0v) is 13.0. The molecule has 1 unspecified atom stereocenters. The molecule has 1 saturated heterocycles. The van der Waals surface area contributed by atoms with Crippen molar-refractivity contribution in [1.82, 2.24) is 5.32 Å². The molecule has 1 atom stereocenters. The number of amides is 1. The normalized spacial score (nSPS) is 23.4. The van der Waals surface area contributed by atoms with Gasteiger partial charge in [0.1, 0.15) is 5.82 Å². The van der Waals surface area contributed by atoms with Crippen LogP contribution in [0.25, 0.3) is 10.1 Å². The molecular weight excluding hydrogens is 301 g/mol. The monoisotopic (exact) mass is 319 g/mol. The van der Waals surface area contributed by atoms with E-state index >= 15 is 0 Å². The Balaban J connectivity index is 1.51. The minimum Gasteiger partial charge on any atom is -0.381 e. The Kier molecular flexibility index (Phi) is 3.42. The summed E-state index contributed by atoms with van der Waals surface area (Å²) in [6.45, 7) is 1.60. The second-order valence-electron chi connectivity index (χ2n) is 6.33. The van der Waals surface area contributed by atoms with Gasteiger partial charge in [0.05, 0.1) is 4.88 Å². The Hall–Kier alpha value is -1.46. The lowest BCUT2D eigenvalue weighted by Gasteiger charge is -2.52. The summed E-state index contributed by atoms with van der Waals surface area (Å²) in [5, 5.41) is 3.99. The Morgan fingerprint density at radius 1 is 1.27 bits per heavy atom. The van der Waals surface area contributed by atoms with E-state index in [0.717, 1.165) is 42.6 Å². The molecule has 1 spiro atoms. The van der Waals surface area contributed by atoms with Gasteiger partial charge in [0, 0.05) is 24.0 Å². The minimum absolute atomic E-state index is 0.0304. The second-order valence-corrected chi connectivity index (χ2v) is 7.42. The van der Waals surface area contributed by atoms with Gasteiger partial charge in [-0.2, -0.15) is 0 Å². The number of hydrogen-bond donors (Lipinski definition) is 1. The third kappa shape index (κ3) is 2.32. The number of fused-ring (bicyclic) bond motifs is 1. The highest BCUT2D eigenvalue weighted by molar-refractivity contribution is 7.20. The van der Waals surface area contributed by atoms with Crippen molar-refractivity contribution < 1.29 is 13.9 Å². The maximum atomic E-state index is 13.3. The summed E-state index contributed by atoms with van der Waals surface area (Å²) in [6.07, 6.45) is 4.30. The average molecular weight is 319 g/mol. The van der Waals surface area contributed by atoms with Crippen LogP contribution >= 0.6 is 11.3 Å². The lowest BCUT2D eigenvalue weighted by atomic mass is 9.60. The molecule has 2 aromatic rings. The van der Waals surface area contributed by atoms with Crippen LogP contribution in [0.15, 0.2) is 24.3 Å². The molecule has 4 rings (SSSR count). The Labute approximate surface area is 132 Å².